The van der Waals surface area contributed by atoms with Crippen LogP contribution in [0.4, 0.5) is 0 Å². The third-order valence-corrected chi connectivity index (χ3v) is 8.56. The third-order valence-electron chi connectivity index (χ3n) is 8.56. The predicted molar refractivity (Wildman–Crippen MR) is 178 cm³/mol. The molecular weight excluding hydrogens is 524 g/mol. The monoisotopic (exact) mass is 548 g/mol. The first-order valence-corrected chi connectivity index (χ1v) is 14.5. The lowest BCUT2D eigenvalue weighted by atomic mass is 9.93. The zero-order valence-corrected chi connectivity index (χ0v) is 23.2. The molecule has 3 nitrogen and oxygen atoms in total. The number of hydrogen-bond acceptors (Lipinski definition) is 3. The molecule has 2 aromatic heterocycles. The van der Waals surface area contributed by atoms with Crippen LogP contribution in [-0.4, -0.2) is 9.97 Å². The van der Waals surface area contributed by atoms with Crippen LogP contribution < -0.4 is 0 Å². The molecule has 0 N–H and O–H groups in total. The Bertz CT molecular complexity index is 2480. The van der Waals surface area contributed by atoms with E-state index in [4.69, 9.17) is 14.4 Å². The average Bonchev–Trinajstić information content (AvgIpc) is 3.47. The van der Waals surface area contributed by atoms with Crippen LogP contribution in [0.2, 0.25) is 0 Å². The van der Waals surface area contributed by atoms with Gasteiger partial charge in [0, 0.05) is 32.7 Å². The summed E-state index contributed by atoms with van der Waals surface area (Å²) < 4.78 is 6.35. The maximum absolute atomic E-state index is 6.35. The van der Waals surface area contributed by atoms with Gasteiger partial charge in [-0.05, 0) is 51.0 Å². The number of hydrogen-bond donors (Lipinski definition) is 0. The number of furan rings is 1. The molecule has 9 aromatic rings. The van der Waals surface area contributed by atoms with Crippen molar-refractivity contribution >= 4 is 54.4 Å². The van der Waals surface area contributed by atoms with E-state index in [1.807, 2.05) is 12.1 Å². The molecule has 0 fully saturated rings. The summed E-state index contributed by atoms with van der Waals surface area (Å²) in [4.78, 5) is 9.66. The molecule has 9 rings (SSSR count). The highest BCUT2D eigenvalue weighted by atomic mass is 16.3. The molecule has 200 valence electrons. The van der Waals surface area contributed by atoms with Crippen LogP contribution in [0, 0.1) is 0 Å². The number of rotatable bonds is 3. The Labute approximate surface area is 247 Å². The molecule has 0 radical (unpaired) electrons. The Kier molecular flexibility index (Phi) is 5.20. The smallest absolute Gasteiger partial charge is 0.143 e. The first-order valence-electron chi connectivity index (χ1n) is 14.5. The van der Waals surface area contributed by atoms with E-state index in [9.17, 15) is 0 Å². The van der Waals surface area contributed by atoms with Gasteiger partial charge in [0.05, 0.1) is 11.2 Å². The van der Waals surface area contributed by atoms with Crippen molar-refractivity contribution in [2.45, 2.75) is 0 Å². The lowest BCUT2D eigenvalue weighted by molar-refractivity contribution is 0.670. The molecule has 0 aliphatic carbocycles. The first kappa shape index (κ1) is 23.9. The van der Waals surface area contributed by atoms with Crippen molar-refractivity contribution in [3.63, 3.8) is 0 Å². The molecule has 43 heavy (non-hydrogen) atoms. The Morgan fingerprint density at radius 2 is 1.00 bits per heavy atom. The molecule has 0 aliphatic rings. The summed E-state index contributed by atoms with van der Waals surface area (Å²) in [5.74, 6) is 0. The summed E-state index contributed by atoms with van der Waals surface area (Å²) in [6, 6.07) is 49.1. The second-order valence-corrected chi connectivity index (χ2v) is 11.0. The molecule has 3 heteroatoms. The standard InChI is InChI=1S/C40H24N2O/c1-3-17-33-30(14-1)31-15-2-4-18-34(31)39-37(33)38(41-24-42-39)28-13-8-11-26(23-28)25-10-7-12-27(22-25)29-19-9-20-35-32-16-5-6-21-36(32)43-40(29)35/h1-24H. The maximum atomic E-state index is 6.35. The van der Waals surface area contributed by atoms with E-state index in [1.165, 1.54) is 10.8 Å². The molecular formula is C40H24N2O. The van der Waals surface area contributed by atoms with Crippen LogP contribution >= 0.6 is 0 Å². The molecule has 0 amide bonds. The maximum Gasteiger partial charge on any atom is 0.143 e. The minimum absolute atomic E-state index is 0.909. The van der Waals surface area contributed by atoms with E-state index < -0.39 is 0 Å². The Hall–Kier alpha value is -5.80. The van der Waals surface area contributed by atoms with E-state index in [-0.39, 0.29) is 0 Å². The fourth-order valence-electron chi connectivity index (χ4n) is 6.61. The second kappa shape index (κ2) is 9.37. The van der Waals surface area contributed by atoms with Crippen LogP contribution in [-0.2, 0) is 0 Å². The average molecular weight is 549 g/mol. The fourth-order valence-corrected chi connectivity index (χ4v) is 6.61. The minimum Gasteiger partial charge on any atom is -0.455 e. The normalized spacial score (nSPS) is 11.7. The highest BCUT2D eigenvalue weighted by Gasteiger charge is 2.16. The van der Waals surface area contributed by atoms with E-state index >= 15 is 0 Å². The molecule has 0 saturated heterocycles. The van der Waals surface area contributed by atoms with Crippen LogP contribution in [0.3, 0.4) is 0 Å². The summed E-state index contributed by atoms with van der Waals surface area (Å²) in [5, 5.41) is 8.09. The third kappa shape index (κ3) is 3.68. The highest BCUT2D eigenvalue weighted by molar-refractivity contribution is 6.26. The lowest BCUT2D eigenvalue weighted by Crippen LogP contribution is -1.93. The van der Waals surface area contributed by atoms with Gasteiger partial charge in [-0.1, -0.05) is 121 Å². The molecule has 0 aliphatic heterocycles. The Morgan fingerprint density at radius 3 is 1.81 bits per heavy atom. The predicted octanol–water partition coefficient (Wildman–Crippen LogP) is 10.8. The molecule has 0 bridgehead atoms. The van der Waals surface area contributed by atoms with Gasteiger partial charge in [-0.25, -0.2) is 9.97 Å². The zero-order valence-electron chi connectivity index (χ0n) is 23.2. The van der Waals surface area contributed by atoms with Crippen molar-refractivity contribution in [2.75, 3.05) is 0 Å². The fraction of sp³-hybridized carbons (Fsp3) is 0. The van der Waals surface area contributed by atoms with Gasteiger partial charge in [0.15, 0.2) is 0 Å². The number of fused-ring (bicyclic) bond motifs is 9. The summed E-state index contributed by atoms with van der Waals surface area (Å²) in [7, 11) is 0. The number of nitrogens with zero attached hydrogens (tertiary/aromatic N) is 2. The number of aromatic nitrogens is 2. The Morgan fingerprint density at radius 1 is 0.419 bits per heavy atom. The van der Waals surface area contributed by atoms with Crippen LogP contribution in [0.25, 0.3) is 87.9 Å². The van der Waals surface area contributed by atoms with Crippen molar-refractivity contribution < 1.29 is 4.42 Å². The van der Waals surface area contributed by atoms with Gasteiger partial charge in [-0.15, -0.1) is 0 Å². The van der Waals surface area contributed by atoms with E-state index in [2.05, 4.69) is 127 Å². The van der Waals surface area contributed by atoms with Gasteiger partial charge in [-0.2, -0.15) is 0 Å². The van der Waals surface area contributed by atoms with Crippen LogP contribution in [0.1, 0.15) is 0 Å². The Balaban J connectivity index is 1.22. The second-order valence-electron chi connectivity index (χ2n) is 11.0. The van der Waals surface area contributed by atoms with E-state index in [0.717, 1.165) is 77.1 Å². The van der Waals surface area contributed by atoms with Crippen molar-refractivity contribution in [1.29, 1.82) is 0 Å². The van der Waals surface area contributed by atoms with E-state index in [1.54, 1.807) is 6.33 Å². The van der Waals surface area contributed by atoms with Crippen molar-refractivity contribution in [1.82, 2.24) is 9.97 Å². The summed E-state index contributed by atoms with van der Waals surface area (Å²) in [6.07, 6.45) is 1.69. The molecule has 0 atom stereocenters. The molecule has 0 unspecified atom stereocenters. The summed E-state index contributed by atoms with van der Waals surface area (Å²) in [6.45, 7) is 0. The number of benzene rings is 7. The van der Waals surface area contributed by atoms with Gasteiger partial charge in [-0.3, -0.25) is 0 Å². The summed E-state index contributed by atoms with van der Waals surface area (Å²) >= 11 is 0. The number of para-hydroxylation sites is 2. The van der Waals surface area contributed by atoms with E-state index in [0.29, 0.717) is 0 Å². The van der Waals surface area contributed by atoms with Gasteiger partial charge in [0.2, 0.25) is 0 Å². The largest absolute Gasteiger partial charge is 0.455 e. The lowest BCUT2D eigenvalue weighted by Gasteiger charge is -2.13. The highest BCUT2D eigenvalue weighted by Crippen LogP contribution is 2.40. The van der Waals surface area contributed by atoms with Crippen LogP contribution in [0.15, 0.2) is 150 Å². The SMILES string of the molecule is c1cc(-c2cccc(-c3ncnc4c5ccccc5c5ccccc5c34)c2)cc(-c2cccc3c2oc2ccccc23)c1. The van der Waals surface area contributed by atoms with Gasteiger partial charge < -0.3 is 4.42 Å². The first-order chi connectivity index (χ1) is 21.3. The van der Waals surface area contributed by atoms with Gasteiger partial charge in [0.25, 0.3) is 0 Å². The zero-order chi connectivity index (χ0) is 28.3. The summed E-state index contributed by atoms with van der Waals surface area (Å²) in [5.41, 5.74) is 9.29. The molecule has 7 aromatic carbocycles. The van der Waals surface area contributed by atoms with Crippen LogP contribution in [0.5, 0.6) is 0 Å². The molecule has 2 heterocycles. The van der Waals surface area contributed by atoms with Gasteiger partial charge >= 0.3 is 0 Å². The topological polar surface area (TPSA) is 38.9 Å². The minimum atomic E-state index is 0.909. The van der Waals surface area contributed by atoms with Gasteiger partial charge in [0.1, 0.15) is 17.5 Å². The van der Waals surface area contributed by atoms with Crippen molar-refractivity contribution in [2.24, 2.45) is 0 Å². The molecule has 0 saturated carbocycles. The quantitative estimate of drug-likeness (QED) is 0.206. The van der Waals surface area contributed by atoms with Crippen molar-refractivity contribution in [3.8, 4) is 33.5 Å². The molecule has 0 spiro atoms. The van der Waals surface area contributed by atoms with Crippen molar-refractivity contribution in [3.05, 3.63) is 146 Å².